The molecule has 3 nitrogen and oxygen atoms in total. The fraction of sp³-hybridized carbons (Fsp3) is 0.188. The van der Waals surface area contributed by atoms with E-state index in [1.165, 1.54) is 12.5 Å². The van der Waals surface area contributed by atoms with E-state index in [-0.39, 0.29) is 5.91 Å². The van der Waals surface area contributed by atoms with Crippen molar-refractivity contribution in [3.05, 3.63) is 59.1 Å². The van der Waals surface area contributed by atoms with Crippen molar-refractivity contribution in [2.75, 3.05) is 17.2 Å². The standard InChI is InChI=1S/C16H17ClN2O/c1-12(20)19-16-8-7-14(11-15(16)17)18-10-9-13-5-3-2-4-6-13/h2-8,11,18H,9-10H2,1H3,(H,19,20). The topological polar surface area (TPSA) is 41.1 Å². The van der Waals surface area contributed by atoms with Crippen LogP contribution in [-0.2, 0) is 11.2 Å². The van der Waals surface area contributed by atoms with Crippen molar-refractivity contribution in [2.45, 2.75) is 13.3 Å². The number of hydrogen-bond donors (Lipinski definition) is 2. The third-order valence-electron chi connectivity index (χ3n) is 2.87. The Morgan fingerprint density at radius 3 is 2.55 bits per heavy atom. The molecule has 20 heavy (non-hydrogen) atoms. The van der Waals surface area contributed by atoms with Crippen molar-refractivity contribution in [3.63, 3.8) is 0 Å². The zero-order valence-electron chi connectivity index (χ0n) is 11.3. The van der Waals surface area contributed by atoms with Gasteiger partial charge in [0.15, 0.2) is 0 Å². The van der Waals surface area contributed by atoms with E-state index in [4.69, 9.17) is 11.6 Å². The predicted molar refractivity (Wildman–Crippen MR) is 84.4 cm³/mol. The van der Waals surface area contributed by atoms with Gasteiger partial charge in [-0.15, -0.1) is 0 Å². The number of hydrogen-bond acceptors (Lipinski definition) is 2. The second kappa shape index (κ2) is 6.96. The Hall–Kier alpha value is -2.00. The zero-order chi connectivity index (χ0) is 14.4. The van der Waals surface area contributed by atoms with Crippen LogP contribution in [0.5, 0.6) is 0 Å². The summed E-state index contributed by atoms with van der Waals surface area (Å²) in [5, 5.41) is 6.53. The van der Waals surface area contributed by atoms with Crippen LogP contribution in [0, 0.1) is 0 Å². The summed E-state index contributed by atoms with van der Waals surface area (Å²) >= 11 is 6.11. The molecule has 2 rings (SSSR count). The molecule has 2 aromatic carbocycles. The Bertz CT molecular complexity index is 584. The summed E-state index contributed by atoms with van der Waals surface area (Å²) in [7, 11) is 0. The third kappa shape index (κ3) is 4.28. The van der Waals surface area contributed by atoms with Gasteiger partial charge in [0.25, 0.3) is 0 Å². The van der Waals surface area contributed by atoms with Crippen LogP contribution in [0.25, 0.3) is 0 Å². The monoisotopic (exact) mass is 288 g/mol. The van der Waals surface area contributed by atoms with Gasteiger partial charge in [-0.25, -0.2) is 0 Å². The van der Waals surface area contributed by atoms with Crippen LogP contribution >= 0.6 is 11.6 Å². The highest BCUT2D eigenvalue weighted by Crippen LogP contribution is 2.25. The summed E-state index contributed by atoms with van der Waals surface area (Å²) in [6.07, 6.45) is 0.950. The van der Waals surface area contributed by atoms with Crippen LogP contribution in [0.3, 0.4) is 0 Å². The molecule has 0 bridgehead atoms. The van der Waals surface area contributed by atoms with Crippen molar-refractivity contribution in [3.8, 4) is 0 Å². The van der Waals surface area contributed by atoms with E-state index in [9.17, 15) is 4.79 Å². The lowest BCUT2D eigenvalue weighted by molar-refractivity contribution is -0.114. The molecule has 2 aromatic rings. The molecule has 0 radical (unpaired) electrons. The van der Waals surface area contributed by atoms with Gasteiger partial charge in [0.2, 0.25) is 5.91 Å². The molecule has 0 aliphatic heterocycles. The molecule has 0 aromatic heterocycles. The number of anilines is 2. The maximum atomic E-state index is 11.0. The number of benzene rings is 2. The number of rotatable bonds is 5. The average molecular weight is 289 g/mol. The molecule has 0 spiro atoms. The minimum atomic E-state index is -0.128. The van der Waals surface area contributed by atoms with Crippen molar-refractivity contribution < 1.29 is 4.79 Å². The molecule has 0 aliphatic carbocycles. The molecule has 0 aliphatic rings. The SMILES string of the molecule is CC(=O)Nc1ccc(NCCc2ccccc2)cc1Cl. The molecule has 0 unspecified atom stereocenters. The lowest BCUT2D eigenvalue weighted by Crippen LogP contribution is -2.07. The number of carbonyl (C=O) groups is 1. The van der Waals surface area contributed by atoms with E-state index >= 15 is 0 Å². The van der Waals surface area contributed by atoms with Gasteiger partial charge in [-0.2, -0.15) is 0 Å². The summed E-state index contributed by atoms with van der Waals surface area (Å²) in [5.41, 5.74) is 2.87. The van der Waals surface area contributed by atoms with Crippen LogP contribution < -0.4 is 10.6 Å². The molecule has 104 valence electrons. The normalized spacial score (nSPS) is 10.1. The largest absolute Gasteiger partial charge is 0.385 e. The zero-order valence-corrected chi connectivity index (χ0v) is 12.1. The van der Waals surface area contributed by atoms with Crippen LogP contribution in [0.1, 0.15) is 12.5 Å². The van der Waals surface area contributed by atoms with E-state index in [0.717, 1.165) is 18.7 Å². The van der Waals surface area contributed by atoms with Crippen LogP contribution in [0.15, 0.2) is 48.5 Å². The van der Waals surface area contributed by atoms with Gasteiger partial charge in [-0.3, -0.25) is 4.79 Å². The lowest BCUT2D eigenvalue weighted by Gasteiger charge is -2.10. The smallest absolute Gasteiger partial charge is 0.221 e. The number of halogens is 1. The predicted octanol–water partition coefficient (Wildman–Crippen LogP) is 3.95. The molecule has 0 heterocycles. The highest BCUT2D eigenvalue weighted by atomic mass is 35.5. The number of carbonyl (C=O) groups excluding carboxylic acids is 1. The van der Waals surface area contributed by atoms with E-state index in [0.29, 0.717) is 10.7 Å². The summed E-state index contributed by atoms with van der Waals surface area (Å²) in [5.74, 6) is -0.128. The molecule has 1 amide bonds. The summed E-state index contributed by atoms with van der Waals surface area (Å²) in [6.45, 7) is 2.29. The molecule has 0 saturated carbocycles. The van der Waals surface area contributed by atoms with Crippen molar-refractivity contribution in [1.29, 1.82) is 0 Å². The summed E-state index contributed by atoms with van der Waals surface area (Å²) in [6, 6.07) is 15.8. The molecule has 2 N–H and O–H groups in total. The van der Waals surface area contributed by atoms with Crippen molar-refractivity contribution >= 4 is 28.9 Å². The van der Waals surface area contributed by atoms with E-state index in [1.54, 1.807) is 6.07 Å². The van der Waals surface area contributed by atoms with Crippen molar-refractivity contribution in [1.82, 2.24) is 0 Å². The second-order valence-corrected chi connectivity index (χ2v) is 4.95. The fourth-order valence-corrected chi connectivity index (χ4v) is 2.14. The molecule has 0 atom stereocenters. The van der Waals surface area contributed by atoms with Gasteiger partial charge in [-0.05, 0) is 30.2 Å². The maximum Gasteiger partial charge on any atom is 0.221 e. The lowest BCUT2D eigenvalue weighted by atomic mass is 10.1. The Morgan fingerprint density at radius 2 is 1.90 bits per heavy atom. The van der Waals surface area contributed by atoms with E-state index in [1.807, 2.05) is 30.3 Å². The van der Waals surface area contributed by atoms with Crippen LogP contribution in [0.4, 0.5) is 11.4 Å². The Kier molecular flexibility index (Phi) is 5.02. The molecule has 0 saturated heterocycles. The fourth-order valence-electron chi connectivity index (χ4n) is 1.91. The molecular formula is C16H17ClN2O. The Balaban J connectivity index is 1.90. The van der Waals surface area contributed by atoms with Gasteiger partial charge in [0.1, 0.15) is 0 Å². The van der Waals surface area contributed by atoms with Gasteiger partial charge in [0, 0.05) is 19.2 Å². The minimum Gasteiger partial charge on any atom is -0.385 e. The Morgan fingerprint density at radius 1 is 1.15 bits per heavy atom. The van der Waals surface area contributed by atoms with E-state index < -0.39 is 0 Å². The molecule has 4 heteroatoms. The first kappa shape index (κ1) is 14.4. The maximum absolute atomic E-state index is 11.0. The van der Waals surface area contributed by atoms with E-state index in [2.05, 4.69) is 22.8 Å². The number of amides is 1. The summed E-state index contributed by atoms with van der Waals surface area (Å²) in [4.78, 5) is 11.0. The van der Waals surface area contributed by atoms with Crippen LogP contribution in [-0.4, -0.2) is 12.5 Å². The molecule has 0 fully saturated rings. The highest BCUT2D eigenvalue weighted by Gasteiger charge is 2.03. The van der Waals surface area contributed by atoms with Gasteiger partial charge >= 0.3 is 0 Å². The third-order valence-corrected chi connectivity index (χ3v) is 3.18. The van der Waals surface area contributed by atoms with Gasteiger partial charge in [0.05, 0.1) is 10.7 Å². The molecular weight excluding hydrogens is 272 g/mol. The quantitative estimate of drug-likeness (QED) is 0.874. The first-order chi connectivity index (χ1) is 9.65. The summed E-state index contributed by atoms with van der Waals surface area (Å²) < 4.78 is 0. The second-order valence-electron chi connectivity index (χ2n) is 4.54. The van der Waals surface area contributed by atoms with Gasteiger partial charge in [-0.1, -0.05) is 41.9 Å². The first-order valence-corrected chi connectivity index (χ1v) is 6.88. The Labute approximate surface area is 124 Å². The first-order valence-electron chi connectivity index (χ1n) is 6.50. The number of nitrogens with one attached hydrogen (secondary N) is 2. The van der Waals surface area contributed by atoms with Crippen molar-refractivity contribution in [2.24, 2.45) is 0 Å². The minimum absolute atomic E-state index is 0.128. The van der Waals surface area contributed by atoms with Crippen LogP contribution in [0.2, 0.25) is 5.02 Å². The average Bonchev–Trinajstić information content (AvgIpc) is 2.43. The van der Waals surface area contributed by atoms with Gasteiger partial charge < -0.3 is 10.6 Å². The highest BCUT2D eigenvalue weighted by molar-refractivity contribution is 6.34.